The number of hydrogen-bond donors (Lipinski definition) is 0. The van der Waals surface area contributed by atoms with E-state index in [4.69, 9.17) is 8.54 Å². The van der Waals surface area contributed by atoms with Crippen molar-refractivity contribution in [2.75, 3.05) is 0 Å². The predicted octanol–water partition coefficient (Wildman–Crippen LogP) is 4.39. The largest absolute Gasteiger partial charge is 0.436 e. The lowest BCUT2D eigenvalue weighted by molar-refractivity contribution is 0.0972. The molecule has 0 bridgehead atoms. The molecule has 0 aromatic rings. The van der Waals surface area contributed by atoms with Crippen molar-refractivity contribution in [2.24, 2.45) is 0 Å². The molecule has 1 fully saturated rings. The minimum atomic E-state index is -2.26. The summed E-state index contributed by atoms with van der Waals surface area (Å²) in [7, 11) is -6.75. The normalized spacial score (nSPS) is 32.9. The van der Waals surface area contributed by atoms with Gasteiger partial charge in [0.15, 0.2) is 8.32 Å². The van der Waals surface area contributed by atoms with Gasteiger partial charge in [-0.25, -0.2) is 0 Å². The molecular formula is C13H32O2Si4. The van der Waals surface area contributed by atoms with Crippen LogP contribution in [0.3, 0.4) is 0 Å². The summed E-state index contributed by atoms with van der Waals surface area (Å²) >= 11 is 0. The second-order valence-corrected chi connectivity index (χ2v) is 38.1. The van der Waals surface area contributed by atoms with Crippen molar-refractivity contribution in [2.45, 2.75) is 71.3 Å². The fraction of sp³-hybridized carbons (Fsp3) is 0.846. The Morgan fingerprint density at radius 2 is 1.63 bits per heavy atom. The van der Waals surface area contributed by atoms with Crippen LogP contribution < -0.4 is 0 Å². The molecule has 1 aliphatic heterocycles. The van der Waals surface area contributed by atoms with Gasteiger partial charge in [0, 0.05) is 7.59 Å². The van der Waals surface area contributed by atoms with Gasteiger partial charge in [0.05, 0.1) is 5.60 Å². The first-order chi connectivity index (χ1) is 8.18. The molecule has 0 saturated carbocycles. The summed E-state index contributed by atoms with van der Waals surface area (Å²) in [5, 5.41) is 0. The first-order valence-electron chi connectivity index (χ1n) is 7.22. The van der Waals surface area contributed by atoms with E-state index in [1.165, 1.54) is 6.04 Å². The van der Waals surface area contributed by atoms with E-state index in [2.05, 4.69) is 72.0 Å². The molecule has 0 N–H and O–H groups in total. The Morgan fingerprint density at radius 1 is 1.16 bits per heavy atom. The molecule has 19 heavy (non-hydrogen) atoms. The van der Waals surface area contributed by atoms with Gasteiger partial charge in [-0.2, -0.15) is 0 Å². The topological polar surface area (TPSA) is 18.5 Å². The Balaban J connectivity index is 3.37. The summed E-state index contributed by atoms with van der Waals surface area (Å²) in [6.07, 6.45) is 0. The van der Waals surface area contributed by atoms with Crippen LogP contribution >= 0.6 is 0 Å². The SMILES string of the molecule is C=C[Si]1(O[Si](C)(C)C)OC(C)(C)C[Si](C)(C)[Si]1(C)C. The zero-order valence-corrected chi connectivity index (χ0v) is 18.3. The monoisotopic (exact) mass is 332 g/mol. The van der Waals surface area contributed by atoms with E-state index in [9.17, 15) is 0 Å². The molecule has 1 rings (SSSR count). The molecule has 0 spiro atoms. The third-order valence-electron chi connectivity index (χ3n) is 4.59. The van der Waals surface area contributed by atoms with Crippen LogP contribution in [0.5, 0.6) is 0 Å². The minimum Gasteiger partial charge on any atom is -0.436 e. The van der Waals surface area contributed by atoms with Crippen molar-refractivity contribution in [1.29, 1.82) is 0 Å². The summed E-state index contributed by atoms with van der Waals surface area (Å²) in [5.41, 5.74) is 2.07. The zero-order valence-electron chi connectivity index (χ0n) is 14.3. The molecule has 1 unspecified atom stereocenters. The van der Waals surface area contributed by atoms with Crippen molar-refractivity contribution in [3.63, 3.8) is 0 Å². The van der Waals surface area contributed by atoms with E-state index in [1.54, 1.807) is 0 Å². The van der Waals surface area contributed by atoms with Crippen LogP contribution in [-0.4, -0.2) is 36.7 Å². The minimum absolute atomic E-state index is 0.0433. The molecular weight excluding hydrogens is 300 g/mol. The van der Waals surface area contributed by atoms with Crippen molar-refractivity contribution < 1.29 is 8.54 Å². The first-order valence-corrected chi connectivity index (χ1v) is 20.7. The average Bonchev–Trinajstić information content (AvgIpc) is 2.09. The Labute approximate surface area is 123 Å². The molecule has 1 saturated heterocycles. The fourth-order valence-electron chi connectivity index (χ4n) is 3.27. The van der Waals surface area contributed by atoms with Crippen molar-refractivity contribution in [1.82, 2.24) is 0 Å². The van der Waals surface area contributed by atoms with E-state index in [1.807, 2.05) is 0 Å². The molecule has 0 radical (unpaired) electrons. The molecule has 0 aromatic heterocycles. The Bertz CT molecular complexity index is 367. The Kier molecular flexibility index (Phi) is 4.42. The maximum absolute atomic E-state index is 6.74. The van der Waals surface area contributed by atoms with Crippen LogP contribution in [0.4, 0.5) is 0 Å². The van der Waals surface area contributed by atoms with Crippen molar-refractivity contribution >= 4 is 31.1 Å². The van der Waals surface area contributed by atoms with Crippen LogP contribution in [0.15, 0.2) is 12.3 Å². The van der Waals surface area contributed by atoms with Crippen molar-refractivity contribution in [3.8, 4) is 0 Å². The highest BCUT2D eigenvalue weighted by Crippen LogP contribution is 2.45. The van der Waals surface area contributed by atoms with Gasteiger partial charge in [-0.15, -0.1) is 6.58 Å². The van der Waals surface area contributed by atoms with Crippen LogP contribution in [0, 0.1) is 0 Å². The summed E-state index contributed by atoms with van der Waals surface area (Å²) in [4.78, 5) is 0. The highest BCUT2D eigenvalue weighted by Gasteiger charge is 2.66. The third-order valence-corrected chi connectivity index (χ3v) is 43.5. The van der Waals surface area contributed by atoms with E-state index in [-0.39, 0.29) is 5.60 Å². The van der Waals surface area contributed by atoms with Crippen LogP contribution in [0.1, 0.15) is 13.8 Å². The standard InChI is InChI=1S/C13H32O2Si4/c1-11-19(15-16(4,5)6)14-13(2,3)12-17(7,8)18(19,9)10/h11H,1,12H2,2-10H3. The Morgan fingerprint density at radius 3 is 2.00 bits per heavy atom. The highest BCUT2D eigenvalue weighted by molar-refractivity contribution is 7.68. The molecule has 2 nitrogen and oxygen atoms in total. The fourth-order valence-corrected chi connectivity index (χ4v) is 39.6. The zero-order chi connectivity index (χ0) is 15.3. The van der Waals surface area contributed by atoms with Gasteiger partial charge >= 0.3 is 8.08 Å². The molecule has 1 heterocycles. The van der Waals surface area contributed by atoms with Gasteiger partial charge in [-0.1, -0.05) is 31.9 Å². The summed E-state index contributed by atoms with van der Waals surface area (Å²) in [6, 6.07) is 1.25. The second kappa shape index (κ2) is 4.77. The molecule has 6 heteroatoms. The third kappa shape index (κ3) is 3.24. The lowest BCUT2D eigenvalue weighted by Crippen LogP contribution is -2.81. The van der Waals surface area contributed by atoms with E-state index in [0.29, 0.717) is 0 Å². The van der Waals surface area contributed by atoms with Gasteiger partial charge in [0.25, 0.3) is 0 Å². The first kappa shape index (κ1) is 17.6. The van der Waals surface area contributed by atoms with Gasteiger partial charge in [-0.05, 0) is 39.5 Å². The summed E-state index contributed by atoms with van der Waals surface area (Å²) in [6.45, 7) is 25.6. The van der Waals surface area contributed by atoms with Gasteiger partial charge in [-0.3, -0.25) is 0 Å². The van der Waals surface area contributed by atoms with E-state index < -0.39 is 31.1 Å². The number of rotatable bonds is 3. The summed E-state index contributed by atoms with van der Waals surface area (Å²) in [5.74, 6) is 0. The molecule has 0 amide bonds. The average molecular weight is 333 g/mol. The lowest BCUT2D eigenvalue weighted by Gasteiger charge is -2.59. The van der Waals surface area contributed by atoms with E-state index >= 15 is 0 Å². The lowest BCUT2D eigenvalue weighted by atomic mass is 10.2. The second-order valence-electron chi connectivity index (χ2n) is 8.63. The summed E-state index contributed by atoms with van der Waals surface area (Å²) < 4.78 is 13.4. The maximum Gasteiger partial charge on any atom is 0.328 e. The highest BCUT2D eigenvalue weighted by atomic mass is 29.7. The van der Waals surface area contributed by atoms with E-state index in [0.717, 1.165) is 0 Å². The molecule has 1 atom stereocenters. The molecule has 0 aliphatic carbocycles. The maximum atomic E-state index is 6.74. The van der Waals surface area contributed by atoms with Crippen molar-refractivity contribution in [3.05, 3.63) is 12.3 Å². The van der Waals surface area contributed by atoms with Crippen LogP contribution in [0.25, 0.3) is 0 Å². The molecule has 1 aliphatic rings. The molecule has 0 aromatic carbocycles. The number of hydrogen-bond acceptors (Lipinski definition) is 2. The Hall–Kier alpha value is 0.528. The van der Waals surface area contributed by atoms with Gasteiger partial charge < -0.3 is 8.54 Å². The van der Waals surface area contributed by atoms with Gasteiger partial charge in [0.2, 0.25) is 0 Å². The predicted molar refractivity (Wildman–Crippen MR) is 95.3 cm³/mol. The van der Waals surface area contributed by atoms with Crippen LogP contribution in [-0.2, 0) is 8.54 Å². The molecule has 112 valence electrons. The smallest absolute Gasteiger partial charge is 0.328 e. The van der Waals surface area contributed by atoms with Gasteiger partial charge in [0.1, 0.15) is 7.11 Å². The quantitative estimate of drug-likeness (QED) is 0.714. The van der Waals surface area contributed by atoms with Crippen LogP contribution in [0.2, 0.25) is 51.9 Å².